The molecule has 0 amide bonds. The first-order valence-electron chi connectivity index (χ1n) is 8.37. The molecule has 1 aliphatic heterocycles. The van der Waals surface area contributed by atoms with Crippen LogP contribution >= 0.6 is 35.1 Å². The molecule has 0 unspecified atom stereocenters. The highest BCUT2D eigenvalue weighted by molar-refractivity contribution is 7.14. The molecule has 1 saturated heterocycles. The first-order valence-corrected chi connectivity index (χ1v) is 10.1. The van der Waals surface area contributed by atoms with Crippen LogP contribution in [0.25, 0.3) is 5.57 Å². The summed E-state index contributed by atoms with van der Waals surface area (Å²) in [6.07, 6.45) is 1.95. The maximum absolute atomic E-state index is 13.6. The summed E-state index contributed by atoms with van der Waals surface area (Å²) < 4.78 is 13.6. The van der Waals surface area contributed by atoms with E-state index in [0.717, 1.165) is 0 Å². The Kier molecular flexibility index (Phi) is 7.41. The highest BCUT2D eigenvalue weighted by Gasteiger charge is 2.36. The fraction of sp³-hybridized carbons (Fsp3) is 0.421. The number of aliphatic carboxylic acids is 1. The Morgan fingerprint density at radius 3 is 2.31 bits per heavy atom. The average Bonchev–Trinajstić information content (AvgIpc) is 3.25. The van der Waals surface area contributed by atoms with Gasteiger partial charge in [0.05, 0.1) is 0 Å². The lowest BCUT2D eigenvalue weighted by atomic mass is 10.1. The molecule has 0 radical (unpaired) electrons. The van der Waals surface area contributed by atoms with Gasteiger partial charge in [-0.25, -0.2) is 4.39 Å². The van der Waals surface area contributed by atoms with Crippen LogP contribution < -0.4 is 0 Å². The third kappa shape index (κ3) is 4.55. The van der Waals surface area contributed by atoms with Crippen LogP contribution in [-0.4, -0.2) is 41.3 Å². The van der Waals surface area contributed by atoms with Crippen molar-refractivity contribution < 1.29 is 14.3 Å². The molecular formula is C19H23ClFNO2S2. The maximum Gasteiger partial charge on any atom is 0.321 e. The largest absolute Gasteiger partial charge is 0.480 e. The van der Waals surface area contributed by atoms with Crippen molar-refractivity contribution in [1.82, 2.24) is 4.90 Å². The van der Waals surface area contributed by atoms with Crippen LogP contribution in [0.5, 0.6) is 0 Å². The summed E-state index contributed by atoms with van der Waals surface area (Å²) in [5.74, 6) is -0.924. The van der Waals surface area contributed by atoms with E-state index in [1.54, 1.807) is 27.6 Å². The van der Waals surface area contributed by atoms with Gasteiger partial charge in [-0.3, -0.25) is 9.69 Å². The smallest absolute Gasteiger partial charge is 0.321 e. The van der Waals surface area contributed by atoms with E-state index in [1.165, 1.54) is 26.5 Å². The second-order valence-corrected chi connectivity index (χ2v) is 8.29. The second-order valence-electron chi connectivity index (χ2n) is 6.45. The SMILES string of the molecule is Cc1ccsc1C(=CCCN1C[C@@H](F)C[C@H]1C(=O)O)c1sccc1C.Cl. The molecule has 2 aromatic heterocycles. The Bertz CT molecular complexity index is 744. The Labute approximate surface area is 167 Å². The van der Waals surface area contributed by atoms with E-state index < -0.39 is 18.2 Å². The number of carboxylic acid groups (broad SMARTS) is 1. The number of aryl methyl sites for hydroxylation is 2. The molecule has 2 aromatic rings. The van der Waals surface area contributed by atoms with Crippen molar-refractivity contribution in [3.8, 4) is 0 Å². The topological polar surface area (TPSA) is 40.5 Å². The number of alkyl halides is 1. The van der Waals surface area contributed by atoms with Crippen LogP contribution in [0.15, 0.2) is 29.0 Å². The molecule has 1 fully saturated rings. The first-order chi connectivity index (χ1) is 12.0. The summed E-state index contributed by atoms with van der Waals surface area (Å²) in [5, 5.41) is 13.4. The summed E-state index contributed by atoms with van der Waals surface area (Å²) in [7, 11) is 0. The van der Waals surface area contributed by atoms with E-state index in [2.05, 4.69) is 42.8 Å². The molecule has 1 aliphatic rings. The minimum Gasteiger partial charge on any atom is -0.480 e. The monoisotopic (exact) mass is 415 g/mol. The fourth-order valence-corrected chi connectivity index (χ4v) is 5.33. The molecule has 3 rings (SSSR count). The molecule has 2 atom stereocenters. The number of carboxylic acids is 1. The minimum atomic E-state index is -1.04. The van der Waals surface area contributed by atoms with Crippen molar-refractivity contribution in [2.75, 3.05) is 13.1 Å². The van der Waals surface area contributed by atoms with E-state index in [9.17, 15) is 14.3 Å². The van der Waals surface area contributed by atoms with Gasteiger partial charge in [0.15, 0.2) is 0 Å². The summed E-state index contributed by atoms with van der Waals surface area (Å²) in [4.78, 5) is 15.6. The molecule has 1 N–H and O–H groups in total. The average molecular weight is 416 g/mol. The molecule has 0 aromatic carbocycles. The van der Waals surface area contributed by atoms with Gasteiger partial charge in [0.1, 0.15) is 12.2 Å². The number of hydrogen-bond donors (Lipinski definition) is 1. The molecule has 0 saturated carbocycles. The van der Waals surface area contributed by atoms with Gasteiger partial charge in [0.25, 0.3) is 0 Å². The van der Waals surface area contributed by atoms with E-state index in [4.69, 9.17) is 0 Å². The lowest BCUT2D eigenvalue weighted by Crippen LogP contribution is -2.36. The molecule has 3 nitrogen and oxygen atoms in total. The number of likely N-dealkylation sites (tertiary alicyclic amines) is 1. The van der Waals surface area contributed by atoms with Crippen LogP contribution in [-0.2, 0) is 4.79 Å². The molecular weight excluding hydrogens is 393 g/mol. The standard InChI is InChI=1S/C19H22FNO2S2.ClH/c1-12-5-8-24-17(12)15(18-13(2)6-9-25-18)4-3-7-21-11-14(20)10-16(21)19(22)23;/h4-6,8-9,14,16H,3,7,10-11H2,1-2H3,(H,22,23);1H/t14-,16-;/m0./s1. The summed E-state index contributed by atoms with van der Waals surface area (Å²) in [6, 6.07) is 3.54. The predicted molar refractivity (Wildman–Crippen MR) is 110 cm³/mol. The van der Waals surface area contributed by atoms with Crippen LogP contribution in [0.4, 0.5) is 4.39 Å². The van der Waals surface area contributed by atoms with Crippen molar-refractivity contribution in [2.24, 2.45) is 0 Å². The lowest BCUT2D eigenvalue weighted by Gasteiger charge is -2.19. The summed E-state index contributed by atoms with van der Waals surface area (Å²) in [6.45, 7) is 5.00. The van der Waals surface area contributed by atoms with Gasteiger partial charge in [0, 0.05) is 34.8 Å². The van der Waals surface area contributed by atoms with Crippen LogP contribution in [0, 0.1) is 13.8 Å². The summed E-state index contributed by atoms with van der Waals surface area (Å²) in [5.41, 5.74) is 3.71. The molecule has 3 heterocycles. The zero-order chi connectivity index (χ0) is 18.0. The van der Waals surface area contributed by atoms with Crippen LogP contribution in [0.3, 0.4) is 0 Å². The van der Waals surface area contributed by atoms with Crippen LogP contribution in [0.2, 0.25) is 0 Å². The number of rotatable bonds is 6. The number of carbonyl (C=O) groups is 1. The maximum atomic E-state index is 13.6. The minimum absolute atomic E-state index is 0. The Hall–Kier alpha value is -1.21. The highest BCUT2D eigenvalue weighted by atomic mass is 35.5. The predicted octanol–water partition coefficient (Wildman–Crippen LogP) is 5.17. The van der Waals surface area contributed by atoms with Crippen molar-refractivity contribution in [3.63, 3.8) is 0 Å². The highest BCUT2D eigenvalue weighted by Crippen LogP contribution is 2.35. The van der Waals surface area contributed by atoms with Gasteiger partial charge in [-0.2, -0.15) is 0 Å². The van der Waals surface area contributed by atoms with Crippen molar-refractivity contribution in [3.05, 3.63) is 49.9 Å². The Balaban J connectivity index is 0.00000243. The molecule has 0 spiro atoms. The quantitative estimate of drug-likeness (QED) is 0.707. The number of halogens is 2. The van der Waals surface area contributed by atoms with Gasteiger partial charge in [-0.05, 0) is 54.3 Å². The Morgan fingerprint density at radius 2 is 1.85 bits per heavy atom. The van der Waals surface area contributed by atoms with E-state index in [-0.39, 0.29) is 25.4 Å². The summed E-state index contributed by atoms with van der Waals surface area (Å²) >= 11 is 3.45. The van der Waals surface area contributed by atoms with Crippen molar-refractivity contribution in [1.29, 1.82) is 0 Å². The van der Waals surface area contributed by atoms with Crippen molar-refractivity contribution >= 4 is 46.6 Å². The van der Waals surface area contributed by atoms with Gasteiger partial charge in [-0.1, -0.05) is 6.08 Å². The number of nitrogens with zero attached hydrogens (tertiary/aromatic N) is 1. The number of thiophene rings is 2. The normalized spacial score (nSPS) is 20.0. The van der Waals surface area contributed by atoms with E-state index in [1.807, 2.05) is 0 Å². The van der Waals surface area contributed by atoms with E-state index >= 15 is 0 Å². The van der Waals surface area contributed by atoms with Crippen molar-refractivity contribution in [2.45, 2.75) is 38.9 Å². The third-order valence-corrected chi connectivity index (χ3v) is 6.72. The third-order valence-electron chi connectivity index (χ3n) is 4.62. The van der Waals surface area contributed by atoms with Gasteiger partial charge in [-0.15, -0.1) is 35.1 Å². The molecule has 7 heteroatoms. The van der Waals surface area contributed by atoms with Gasteiger partial charge >= 0.3 is 5.97 Å². The second kappa shape index (κ2) is 9.13. The first kappa shape index (κ1) is 21.1. The number of hydrogen-bond acceptors (Lipinski definition) is 4. The molecule has 26 heavy (non-hydrogen) atoms. The lowest BCUT2D eigenvalue weighted by molar-refractivity contribution is -0.142. The zero-order valence-corrected chi connectivity index (χ0v) is 17.2. The van der Waals surface area contributed by atoms with E-state index in [0.29, 0.717) is 13.0 Å². The molecule has 142 valence electrons. The fourth-order valence-electron chi connectivity index (χ4n) is 3.31. The van der Waals surface area contributed by atoms with Gasteiger partial charge < -0.3 is 5.11 Å². The van der Waals surface area contributed by atoms with Crippen LogP contribution in [0.1, 0.15) is 33.7 Å². The molecule has 0 aliphatic carbocycles. The van der Waals surface area contributed by atoms with Gasteiger partial charge in [0.2, 0.25) is 0 Å². The molecule has 0 bridgehead atoms. The zero-order valence-electron chi connectivity index (χ0n) is 14.8. The Morgan fingerprint density at radius 1 is 1.27 bits per heavy atom.